The number of guanidine groups is 1. The molecule has 8 heteroatoms. The summed E-state index contributed by atoms with van der Waals surface area (Å²) in [5.74, 6) is 0.878. The Morgan fingerprint density at radius 2 is 2.14 bits per heavy atom. The quantitative estimate of drug-likeness (QED) is 0.343. The second kappa shape index (κ2) is 7.42. The Labute approximate surface area is 127 Å². The molecule has 0 spiro atoms. The Kier molecular flexibility index (Phi) is 5.83. The lowest BCUT2D eigenvalue weighted by molar-refractivity contribution is 0.0992. The van der Waals surface area contributed by atoms with Gasteiger partial charge in [-0.3, -0.25) is 4.99 Å². The zero-order valence-corrected chi connectivity index (χ0v) is 13.6. The van der Waals surface area contributed by atoms with Gasteiger partial charge in [0.25, 0.3) is 0 Å². The summed E-state index contributed by atoms with van der Waals surface area (Å²) in [6, 6.07) is 0.341. The molecule has 21 heavy (non-hydrogen) atoms. The normalized spacial score (nSPS) is 28.9. The molecule has 0 aromatic heterocycles. The first-order valence-corrected chi connectivity index (χ1v) is 9.29. The third-order valence-electron chi connectivity index (χ3n) is 4.00. The summed E-state index contributed by atoms with van der Waals surface area (Å²) < 4.78 is 30.9. The summed E-state index contributed by atoms with van der Waals surface area (Å²) in [7, 11) is -1.35. The van der Waals surface area contributed by atoms with Crippen LogP contribution < -0.4 is 15.4 Å². The van der Waals surface area contributed by atoms with Gasteiger partial charge in [-0.25, -0.2) is 13.1 Å². The summed E-state index contributed by atoms with van der Waals surface area (Å²) in [5.41, 5.74) is 0. The van der Waals surface area contributed by atoms with Crippen LogP contribution in [0.1, 0.15) is 32.6 Å². The van der Waals surface area contributed by atoms with E-state index in [1.165, 1.54) is 6.42 Å². The molecule has 2 aliphatic rings. The number of aliphatic imine (C=N–C) groups is 1. The van der Waals surface area contributed by atoms with Gasteiger partial charge in [0.15, 0.2) is 5.96 Å². The van der Waals surface area contributed by atoms with E-state index in [1.54, 1.807) is 14.0 Å². The van der Waals surface area contributed by atoms with Crippen LogP contribution in [0.15, 0.2) is 4.99 Å². The van der Waals surface area contributed by atoms with Crippen LogP contribution in [0, 0.1) is 0 Å². The Bertz CT molecular complexity index is 466. The number of nitrogens with one attached hydrogen (secondary N) is 3. The largest absolute Gasteiger partial charge is 0.373 e. The maximum Gasteiger partial charge on any atom is 0.211 e. The second-order valence-electron chi connectivity index (χ2n) is 5.51. The van der Waals surface area contributed by atoms with Crippen molar-refractivity contribution in [3.05, 3.63) is 0 Å². The van der Waals surface area contributed by atoms with Gasteiger partial charge in [0.2, 0.25) is 10.0 Å². The third kappa shape index (κ3) is 4.82. The molecule has 3 N–H and O–H groups in total. The predicted molar refractivity (Wildman–Crippen MR) is 82.9 cm³/mol. The van der Waals surface area contributed by atoms with Crippen molar-refractivity contribution in [2.75, 3.05) is 25.9 Å². The van der Waals surface area contributed by atoms with Gasteiger partial charge >= 0.3 is 0 Å². The van der Waals surface area contributed by atoms with Gasteiger partial charge in [-0.2, -0.15) is 0 Å². The lowest BCUT2D eigenvalue weighted by Gasteiger charge is -2.22. The summed E-state index contributed by atoms with van der Waals surface area (Å²) in [6.07, 6.45) is 4.78. The van der Waals surface area contributed by atoms with Crippen LogP contribution in [0.5, 0.6) is 0 Å². The molecule has 0 aliphatic carbocycles. The van der Waals surface area contributed by atoms with Gasteiger partial charge in [0.1, 0.15) is 0 Å². The molecule has 2 rings (SSSR count). The predicted octanol–water partition coefficient (Wildman–Crippen LogP) is -0.199. The first-order chi connectivity index (χ1) is 10.0. The van der Waals surface area contributed by atoms with E-state index >= 15 is 0 Å². The fourth-order valence-corrected chi connectivity index (χ4v) is 3.44. The van der Waals surface area contributed by atoms with Crippen LogP contribution in [0.2, 0.25) is 0 Å². The van der Waals surface area contributed by atoms with E-state index in [0.717, 1.165) is 18.8 Å². The molecule has 122 valence electrons. The lowest BCUT2D eigenvalue weighted by atomic mass is 9.96. The Morgan fingerprint density at radius 1 is 1.33 bits per heavy atom. The summed E-state index contributed by atoms with van der Waals surface area (Å²) in [6.45, 7) is 2.74. The highest BCUT2D eigenvalue weighted by Gasteiger charge is 2.41. The van der Waals surface area contributed by atoms with Crippen molar-refractivity contribution in [2.24, 2.45) is 4.99 Å². The molecule has 2 bridgehead atoms. The number of ether oxygens (including phenoxy) is 1. The van der Waals surface area contributed by atoms with E-state index in [9.17, 15) is 8.42 Å². The van der Waals surface area contributed by atoms with Crippen molar-refractivity contribution in [2.45, 2.75) is 50.9 Å². The number of sulfonamides is 1. The van der Waals surface area contributed by atoms with Crippen LogP contribution in [-0.4, -0.2) is 58.5 Å². The molecule has 2 saturated heterocycles. The van der Waals surface area contributed by atoms with Crippen LogP contribution in [-0.2, 0) is 14.8 Å². The van der Waals surface area contributed by atoms with Crippen LogP contribution in [0.4, 0.5) is 0 Å². The summed E-state index contributed by atoms with van der Waals surface area (Å²) >= 11 is 0. The Balaban J connectivity index is 1.62. The van der Waals surface area contributed by atoms with E-state index in [0.29, 0.717) is 37.8 Å². The van der Waals surface area contributed by atoms with Crippen LogP contribution >= 0.6 is 0 Å². The molecule has 0 radical (unpaired) electrons. The number of rotatable bonds is 7. The molecule has 2 heterocycles. The number of hydrogen-bond acceptors (Lipinski definition) is 4. The minimum absolute atomic E-state index is 0.119. The van der Waals surface area contributed by atoms with E-state index < -0.39 is 10.0 Å². The number of nitrogens with zero attached hydrogens (tertiary/aromatic N) is 1. The van der Waals surface area contributed by atoms with Gasteiger partial charge in [-0.1, -0.05) is 0 Å². The molecule has 0 amide bonds. The minimum Gasteiger partial charge on any atom is -0.373 e. The van der Waals surface area contributed by atoms with Gasteiger partial charge < -0.3 is 15.4 Å². The standard InChI is InChI=1S/C13H26N4O3S/c1-3-21(18,19)16-8-4-7-15-13(14-2)17-11-9-10-5-6-12(11)20-10/h10-12,16H,3-9H2,1-2H3,(H2,14,15,17). The van der Waals surface area contributed by atoms with Crippen molar-refractivity contribution in [1.82, 2.24) is 15.4 Å². The molecular formula is C13H26N4O3S. The van der Waals surface area contributed by atoms with E-state index in [4.69, 9.17) is 4.74 Å². The zero-order chi connectivity index (χ0) is 15.3. The van der Waals surface area contributed by atoms with E-state index in [2.05, 4.69) is 20.3 Å². The van der Waals surface area contributed by atoms with E-state index in [-0.39, 0.29) is 5.75 Å². The average molecular weight is 318 g/mol. The van der Waals surface area contributed by atoms with Crippen LogP contribution in [0.3, 0.4) is 0 Å². The monoisotopic (exact) mass is 318 g/mol. The molecule has 0 aromatic rings. The van der Waals surface area contributed by atoms with Crippen LogP contribution in [0.25, 0.3) is 0 Å². The van der Waals surface area contributed by atoms with Crippen molar-refractivity contribution >= 4 is 16.0 Å². The van der Waals surface area contributed by atoms with Gasteiger partial charge in [-0.15, -0.1) is 0 Å². The number of fused-ring (bicyclic) bond motifs is 2. The summed E-state index contributed by atoms with van der Waals surface area (Å²) in [5, 5.41) is 6.60. The molecule has 7 nitrogen and oxygen atoms in total. The minimum atomic E-state index is -3.09. The fraction of sp³-hybridized carbons (Fsp3) is 0.923. The molecule has 3 unspecified atom stereocenters. The zero-order valence-electron chi connectivity index (χ0n) is 12.8. The molecular weight excluding hydrogens is 292 g/mol. The molecule has 2 aliphatic heterocycles. The fourth-order valence-electron chi connectivity index (χ4n) is 2.78. The van der Waals surface area contributed by atoms with Gasteiger partial charge in [0, 0.05) is 20.1 Å². The first-order valence-electron chi connectivity index (χ1n) is 7.64. The van der Waals surface area contributed by atoms with E-state index in [1.807, 2.05) is 0 Å². The Hall–Kier alpha value is -0.860. The number of hydrogen-bond donors (Lipinski definition) is 3. The van der Waals surface area contributed by atoms with Crippen molar-refractivity contribution in [1.29, 1.82) is 0 Å². The molecule has 2 fully saturated rings. The van der Waals surface area contributed by atoms with Crippen molar-refractivity contribution in [3.63, 3.8) is 0 Å². The highest BCUT2D eigenvalue weighted by molar-refractivity contribution is 7.89. The summed E-state index contributed by atoms with van der Waals surface area (Å²) in [4.78, 5) is 4.20. The third-order valence-corrected chi connectivity index (χ3v) is 5.40. The first kappa shape index (κ1) is 16.5. The lowest BCUT2D eigenvalue weighted by Crippen LogP contribution is -2.47. The highest BCUT2D eigenvalue weighted by atomic mass is 32.2. The SMILES string of the molecule is CCS(=O)(=O)NCCCNC(=NC)NC1CC2CCC1O2. The topological polar surface area (TPSA) is 91.8 Å². The second-order valence-corrected chi connectivity index (χ2v) is 7.61. The smallest absolute Gasteiger partial charge is 0.211 e. The highest BCUT2D eigenvalue weighted by Crippen LogP contribution is 2.34. The van der Waals surface area contributed by atoms with Crippen molar-refractivity contribution in [3.8, 4) is 0 Å². The van der Waals surface area contributed by atoms with Gasteiger partial charge in [-0.05, 0) is 32.6 Å². The molecule has 0 aromatic carbocycles. The molecule has 0 saturated carbocycles. The maximum atomic E-state index is 11.3. The van der Waals surface area contributed by atoms with Gasteiger partial charge in [0.05, 0.1) is 24.0 Å². The Morgan fingerprint density at radius 3 is 2.71 bits per heavy atom. The van der Waals surface area contributed by atoms with Crippen molar-refractivity contribution < 1.29 is 13.2 Å². The average Bonchev–Trinajstić information content (AvgIpc) is 3.08. The molecule has 3 atom stereocenters. The maximum absolute atomic E-state index is 11.3.